The third-order valence-corrected chi connectivity index (χ3v) is 5.37. The van der Waals surface area contributed by atoms with Crippen molar-refractivity contribution in [1.29, 1.82) is 0 Å². The predicted octanol–water partition coefficient (Wildman–Crippen LogP) is 0.611. The van der Waals surface area contributed by atoms with E-state index in [1.54, 1.807) is 12.4 Å². The van der Waals surface area contributed by atoms with Gasteiger partial charge in [0.1, 0.15) is 6.26 Å². The maximum Gasteiger partial charge on any atom is 0.275 e. The molecular weight excluding hydrogens is 358 g/mol. The number of nitrogens with zero attached hydrogens (tertiary/aromatic N) is 6. The number of hydrogen-bond donors (Lipinski definition) is 1. The van der Waals surface area contributed by atoms with Crippen LogP contribution in [-0.4, -0.2) is 82.5 Å². The Morgan fingerprint density at radius 2 is 2.00 bits per heavy atom. The van der Waals surface area contributed by atoms with Crippen LogP contribution in [0, 0.1) is 0 Å². The molecule has 9 nitrogen and oxygen atoms in total. The smallest absolute Gasteiger partial charge is 0.275 e. The summed E-state index contributed by atoms with van der Waals surface area (Å²) in [5, 5.41) is 3.42. The fourth-order valence-electron chi connectivity index (χ4n) is 3.68. The molecule has 4 rings (SSSR count). The highest BCUT2D eigenvalue weighted by atomic mass is 16.3. The maximum atomic E-state index is 12.7. The molecule has 1 unspecified atom stereocenters. The van der Waals surface area contributed by atoms with E-state index in [1.807, 2.05) is 11.0 Å². The Balaban J connectivity index is 1.30. The van der Waals surface area contributed by atoms with E-state index in [2.05, 4.69) is 37.0 Å². The van der Waals surface area contributed by atoms with Crippen molar-refractivity contribution in [3.8, 4) is 0 Å². The lowest BCUT2D eigenvalue weighted by Gasteiger charge is -2.33. The van der Waals surface area contributed by atoms with Crippen LogP contribution < -0.4 is 10.2 Å². The van der Waals surface area contributed by atoms with Crippen LogP contribution in [0.2, 0.25) is 0 Å². The van der Waals surface area contributed by atoms with Crippen LogP contribution in [0.3, 0.4) is 0 Å². The zero-order valence-electron chi connectivity index (χ0n) is 16.3. The van der Waals surface area contributed by atoms with Gasteiger partial charge in [0.05, 0.1) is 6.54 Å². The molecule has 0 radical (unpaired) electrons. The number of anilines is 1. The lowest BCUT2D eigenvalue weighted by molar-refractivity contribution is 0.0695. The molecule has 1 atom stereocenters. The number of carbonyl (C=O) groups excluding carboxylic acids is 1. The highest BCUT2D eigenvalue weighted by Crippen LogP contribution is 2.14. The summed E-state index contributed by atoms with van der Waals surface area (Å²) in [6.45, 7) is 8.46. The van der Waals surface area contributed by atoms with Crippen molar-refractivity contribution >= 4 is 11.9 Å². The molecule has 28 heavy (non-hydrogen) atoms. The minimum atomic E-state index is -0.0407. The molecule has 0 aromatic carbocycles. The van der Waals surface area contributed by atoms with E-state index >= 15 is 0 Å². The fourth-order valence-corrected chi connectivity index (χ4v) is 3.68. The lowest BCUT2D eigenvalue weighted by atomic mass is 10.1. The lowest BCUT2D eigenvalue weighted by Crippen LogP contribution is -2.52. The van der Waals surface area contributed by atoms with Gasteiger partial charge in [-0.25, -0.2) is 15.0 Å². The molecule has 2 fully saturated rings. The molecule has 150 valence electrons. The Bertz CT molecular complexity index is 774. The van der Waals surface area contributed by atoms with Gasteiger partial charge < -0.3 is 19.5 Å². The summed E-state index contributed by atoms with van der Waals surface area (Å²) in [5.74, 6) is 1.32. The molecule has 2 aromatic rings. The van der Waals surface area contributed by atoms with Gasteiger partial charge in [0.25, 0.3) is 5.91 Å². The van der Waals surface area contributed by atoms with Crippen LogP contribution in [-0.2, 0) is 6.54 Å². The van der Waals surface area contributed by atoms with Gasteiger partial charge in [-0.15, -0.1) is 0 Å². The SMILES string of the molecule is CCC1CN(C(=O)c2coc(CN3CCN(c4ncccn4)CC3)n2)CCN1. The van der Waals surface area contributed by atoms with E-state index in [0.717, 1.165) is 51.6 Å². The highest BCUT2D eigenvalue weighted by molar-refractivity contribution is 5.92. The van der Waals surface area contributed by atoms with Gasteiger partial charge in [-0.3, -0.25) is 9.69 Å². The summed E-state index contributed by atoms with van der Waals surface area (Å²) in [6, 6.07) is 2.18. The molecule has 2 aliphatic rings. The summed E-state index contributed by atoms with van der Waals surface area (Å²) >= 11 is 0. The first-order valence-electron chi connectivity index (χ1n) is 9.94. The molecule has 0 spiro atoms. The molecular formula is C19H27N7O2. The number of carbonyl (C=O) groups is 1. The van der Waals surface area contributed by atoms with Crippen LogP contribution in [0.1, 0.15) is 29.7 Å². The van der Waals surface area contributed by atoms with E-state index in [4.69, 9.17) is 4.42 Å². The molecule has 2 aliphatic heterocycles. The fraction of sp³-hybridized carbons (Fsp3) is 0.579. The molecule has 9 heteroatoms. The minimum Gasteiger partial charge on any atom is -0.447 e. The predicted molar refractivity (Wildman–Crippen MR) is 104 cm³/mol. The number of nitrogens with one attached hydrogen (secondary N) is 1. The van der Waals surface area contributed by atoms with E-state index in [1.165, 1.54) is 6.26 Å². The van der Waals surface area contributed by atoms with Crippen LogP contribution in [0.25, 0.3) is 0 Å². The van der Waals surface area contributed by atoms with E-state index in [9.17, 15) is 4.79 Å². The van der Waals surface area contributed by atoms with Gasteiger partial charge in [-0.2, -0.15) is 0 Å². The first-order valence-corrected chi connectivity index (χ1v) is 9.94. The normalized spacial score (nSPS) is 21.1. The Kier molecular flexibility index (Phi) is 5.82. The van der Waals surface area contributed by atoms with Crippen molar-refractivity contribution in [3.63, 3.8) is 0 Å². The van der Waals surface area contributed by atoms with E-state index in [0.29, 0.717) is 30.7 Å². The van der Waals surface area contributed by atoms with Gasteiger partial charge in [-0.1, -0.05) is 6.92 Å². The largest absolute Gasteiger partial charge is 0.447 e. The highest BCUT2D eigenvalue weighted by Gasteiger charge is 2.26. The Hall–Kier alpha value is -2.52. The standard InChI is InChI=1S/C19H27N7O2/c1-2-15-12-26(7-6-20-15)18(27)16-14-28-17(23-16)13-24-8-10-25(11-9-24)19-21-4-3-5-22-19/h3-5,14-15,20H,2,6-13H2,1H3. The Morgan fingerprint density at radius 1 is 1.21 bits per heavy atom. The quantitative estimate of drug-likeness (QED) is 0.801. The molecule has 1 amide bonds. The number of aromatic nitrogens is 3. The average Bonchev–Trinajstić information content (AvgIpc) is 3.23. The number of rotatable bonds is 5. The number of hydrogen-bond acceptors (Lipinski definition) is 8. The van der Waals surface area contributed by atoms with Crippen molar-refractivity contribution in [2.45, 2.75) is 25.9 Å². The second-order valence-corrected chi connectivity index (χ2v) is 7.25. The summed E-state index contributed by atoms with van der Waals surface area (Å²) < 4.78 is 5.59. The van der Waals surface area contributed by atoms with Crippen molar-refractivity contribution < 1.29 is 9.21 Å². The number of amides is 1. The first kappa shape index (κ1) is 18.8. The van der Waals surface area contributed by atoms with Gasteiger partial charge in [0.2, 0.25) is 11.8 Å². The Labute approximate surface area is 164 Å². The molecule has 0 saturated carbocycles. The van der Waals surface area contributed by atoms with Crippen molar-refractivity contribution in [1.82, 2.24) is 30.1 Å². The summed E-state index contributed by atoms with van der Waals surface area (Å²) in [7, 11) is 0. The summed E-state index contributed by atoms with van der Waals surface area (Å²) in [6.07, 6.45) is 6.03. The molecule has 2 saturated heterocycles. The van der Waals surface area contributed by atoms with Crippen molar-refractivity contribution in [3.05, 3.63) is 36.3 Å². The third kappa shape index (κ3) is 4.31. The first-order chi connectivity index (χ1) is 13.7. The van der Waals surface area contributed by atoms with Crippen LogP contribution in [0.4, 0.5) is 5.95 Å². The second kappa shape index (κ2) is 8.66. The number of oxazole rings is 1. The van der Waals surface area contributed by atoms with Gasteiger partial charge >= 0.3 is 0 Å². The number of piperazine rings is 2. The van der Waals surface area contributed by atoms with Crippen LogP contribution in [0.15, 0.2) is 29.1 Å². The average molecular weight is 385 g/mol. The Morgan fingerprint density at radius 3 is 2.75 bits per heavy atom. The summed E-state index contributed by atoms with van der Waals surface area (Å²) in [4.78, 5) is 32.1. The zero-order valence-corrected chi connectivity index (χ0v) is 16.3. The zero-order chi connectivity index (χ0) is 19.3. The topological polar surface area (TPSA) is 90.6 Å². The maximum absolute atomic E-state index is 12.7. The molecule has 0 aliphatic carbocycles. The molecule has 4 heterocycles. The van der Waals surface area contributed by atoms with Gasteiger partial charge in [0, 0.05) is 64.2 Å². The molecule has 2 aromatic heterocycles. The van der Waals surface area contributed by atoms with E-state index in [-0.39, 0.29) is 5.91 Å². The van der Waals surface area contributed by atoms with E-state index < -0.39 is 0 Å². The molecule has 1 N–H and O–H groups in total. The van der Waals surface area contributed by atoms with Crippen LogP contribution in [0.5, 0.6) is 0 Å². The second-order valence-electron chi connectivity index (χ2n) is 7.25. The third-order valence-electron chi connectivity index (χ3n) is 5.37. The minimum absolute atomic E-state index is 0.0407. The van der Waals surface area contributed by atoms with Crippen molar-refractivity contribution in [2.24, 2.45) is 0 Å². The summed E-state index contributed by atoms with van der Waals surface area (Å²) in [5.41, 5.74) is 0.406. The van der Waals surface area contributed by atoms with Crippen molar-refractivity contribution in [2.75, 3.05) is 50.7 Å². The monoisotopic (exact) mass is 385 g/mol. The van der Waals surface area contributed by atoms with Crippen LogP contribution >= 0.6 is 0 Å². The van der Waals surface area contributed by atoms with Gasteiger partial charge in [-0.05, 0) is 12.5 Å². The molecule has 0 bridgehead atoms. The van der Waals surface area contributed by atoms with Gasteiger partial charge in [0.15, 0.2) is 5.69 Å².